The standard InChI is InChI=1S/C13H26N2O2/c1-4-7-14-8-10-15(11-9-14)13(5-2,6-3)12(16)17/h4-11H2,1-3H3,(H,16,17). The molecule has 0 aromatic rings. The van der Waals surface area contributed by atoms with Crippen LogP contribution in [-0.2, 0) is 4.79 Å². The fraction of sp³-hybridized carbons (Fsp3) is 0.923. The molecular weight excluding hydrogens is 216 g/mol. The molecule has 1 aliphatic heterocycles. The van der Waals surface area contributed by atoms with Crippen LogP contribution < -0.4 is 0 Å². The van der Waals surface area contributed by atoms with Gasteiger partial charge >= 0.3 is 5.97 Å². The van der Waals surface area contributed by atoms with E-state index in [2.05, 4.69) is 16.7 Å². The van der Waals surface area contributed by atoms with Gasteiger partial charge in [0.25, 0.3) is 0 Å². The summed E-state index contributed by atoms with van der Waals surface area (Å²) in [5.41, 5.74) is -0.641. The van der Waals surface area contributed by atoms with Crippen LogP contribution >= 0.6 is 0 Å². The summed E-state index contributed by atoms with van der Waals surface area (Å²) in [6.07, 6.45) is 2.55. The van der Waals surface area contributed by atoms with E-state index in [1.165, 1.54) is 6.42 Å². The molecule has 1 rings (SSSR count). The molecule has 0 bridgehead atoms. The number of nitrogens with zero attached hydrogens (tertiary/aromatic N) is 2. The molecule has 0 aromatic carbocycles. The van der Waals surface area contributed by atoms with Gasteiger partial charge in [0.2, 0.25) is 0 Å². The Labute approximate surface area is 105 Å². The molecule has 0 aliphatic carbocycles. The number of piperazine rings is 1. The van der Waals surface area contributed by atoms with Gasteiger partial charge in [0.1, 0.15) is 5.54 Å². The van der Waals surface area contributed by atoms with Crippen molar-refractivity contribution >= 4 is 5.97 Å². The number of hydrogen-bond donors (Lipinski definition) is 1. The lowest BCUT2D eigenvalue weighted by atomic mass is 9.90. The van der Waals surface area contributed by atoms with Gasteiger partial charge in [-0.15, -0.1) is 0 Å². The van der Waals surface area contributed by atoms with Crippen molar-refractivity contribution in [3.63, 3.8) is 0 Å². The van der Waals surface area contributed by atoms with Crippen LogP contribution in [-0.4, -0.2) is 59.1 Å². The van der Waals surface area contributed by atoms with E-state index >= 15 is 0 Å². The Bertz CT molecular complexity index is 244. The highest BCUT2D eigenvalue weighted by Gasteiger charge is 2.41. The molecule has 0 radical (unpaired) electrons. The quantitative estimate of drug-likeness (QED) is 0.769. The second kappa shape index (κ2) is 6.36. The van der Waals surface area contributed by atoms with E-state index < -0.39 is 11.5 Å². The predicted molar refractivity (Wildman–Crippen MR) is 69.3 cm³/mol. The van der Waals surface area contributed by atoms with Crippen LogP contribution in [0.3, 0.4) is 0 Å². The van der Waals surface area contributed by atoms with E-state index in [-0.39, 0.29) is 0 Å². The monoisotopic (exact) mass is 242 g/mol. The number of carboxylic acids is 1. The Kier molecular flexibility index (Phi) is 5.40. The second-order valence-electron chi connectivity index (χ2n) is 4.87. The Morgan fingerprint density at radius 2 is 1.65 bits per heavy atom. The van der Waals surface area contributed by atoms with Gasteiger partial charge in [-0.2, -0.15) is 0 Å². The fourth-order valence-corrected chi connectivity index (χ4v) is 2.85. The third-order valence-electron chi connectivity index (χ3n) is 4.09. The smallest absolute Gasteiger partial charge is 0.324 e. The van der Waals surface area contributed by atoms with E-state index in [9.17, 15) is 9.90 Å². The second-order valence-corrected chi connectivity index (χ2v) is 4.87. The summed E-state index contributed by atoms with van der Waals surface area (Å²) < 4.78 is 0. The lowest BCUT2D eigenvalue weighted by Gasteiger charge is -2.44. The molecule has 0 atom stereocenters. The molecule has 1 heterocycles. The van der Waals surface area contributed by atoms with Crippen molar-refractivity contribution in [1.82, 2.24) is 9.80 Å². The summed E-state index contributed by atoms with van der Waals surface area (Å²) >= 11 is 0. The Morgan fingerprint density at radius 3 is 2.00 bits per heavy atom. The minimum atomic E-state index is -0.661. The third-order valence-corrected chi connectivity index (χ3v) is 4.09. The van der Waals surface area contributed by atoms with Crippen molar-refractivity contribution in [1.29, 1.82) is 0 Å². The van der Waals surface area contributed by atoms with E-state index in [0.29, 0.717) is 12.8 Å². The van der Waals surface area contributed by atoms with Crippen LogP contribution in [0.4, 0.5) is 0 Å². The van der Waals surface area contributed by atoms with Crippen molar-refractivity contribution < 1.29 is 9.90 Å². The lowest BCUT2D eigenvalue weighted by molar-refractivity contribution is -0.154. The zero-order valence-corrected chi connectivity index (χ0v) is 11.4. The van der Waals surface area contributed by atoms with Gasteiger partial charge in [-0.05, 0) is 25.8 Å². The number of aliphatic carboxylic acids is 1. The highest BCUT2D eigenvalue weighted by Crippen LogP contribution is 2.25. The van der Waals surface area contributed by atoms with Crippen LogP contribution in [0.1, 0.15) is 40.0 Å². The Hall–Kier alpha value is -0.610. The van der Waals surface area contributed by atoms with Gasteiger partial charge in [-0.3, -0.25) is 9.69 Å². The van der Waals surface area contributed by atoms with E-state index in [1.54, 1.807) is 0 Å². The summed E-state index contributed by atoms with van der Waals surface area (Å²) in [6.45, 7) is 11.1. The highest BCUT2D eigenvalue weighted by molar-refractivity contribution is 5.78. The first-order valence-corrected chi connectivity index (χ1v) is 6.81. The molecule has 1 saturated heterocycles. The highest BCUT2D eigenvalue weighted by atomic mass is 16.4. The molecule has 1 fully saturated rings. The molecule has 4 nitrogen and oxygen atoms in total. The van der Waals surface area contributed by atoms with Crippen molar-refractivity contribution in [3.05, 3.63) is 0 Å². The topological polar surface area (TPSA) is 43.8 Å². The van der Waals surface area contributed by atoms with Crippen LogP contribution in [0.25, 0.3) is 0 Å². The zero-order valence-electron chi connectivity index (χ0n) is 11.4. The molecule has 0 amide bonds. The normalized spacial score (nSPS) is 19.5. The average molecular weight is 242 g/mol. The van der Waals surface area contributed by atoms with Crippen LogP contribution in [0, 0.1) is 0 Å². The predicted octanol–water partition coefficient (Wildman–Crippen LogP) is 1.66. The summed E-state index contributed by atoms with van der Waals surface area (Å²) in [6, 6.07) is 0. The van der Waals surface area contributed by atoms with Gasteiger partial charge in [0.15, 0.2) is 0 Å². The summed E-state index contributed by atoms with van der Waals surface area (Å²) in [7, 11) is 0. The van der Waals surface area contributed by atoms with Gasteiger partial charge in [-0.1, -0.05) is 20.8 Å². The minimum Gasteiger partial charge on any atom is -0.480 e. The number of carbonyl (C=O) groups is 1. The van der Waals surface area contributed by atoms with Gasteiger partial charge in [0, 0.05) is 26.2 Å². The largest absolute Gasteiger partial charge is 0.480 e. The van der Waals surface area contributed by atoms with Crippen molar-refractivity contribution in [2.75, 3.05) is 32.7 Å². The van der Waals surface area contributed by atoms with Gasteiger partial charge in [-0.25, -0.2) is 0 Å². The van der Waals surface area contributed by atoms with E-state index in [1.807, 2.05) is 13.8 Å². The van der Waals surface area contributed by atoms with E-state index in [0.717, 1.165) is 32.7 Å². The molecule has 100 valence electrons. The first-order valence-electron chi connectivity index (χ1n) is 6.81. The molecule has 0 spiro atoms. The zero-order chi connectivity index (χ0) is 12.9. The maximum absolute atomic E-state index is 11.5. The summed E-state index contributed by atoms with van der Waals surface area (Å²) in [5, 5.41) is 9.49. The average Bonchev–Trinajstić information content (AvgIpc) is 2.33. The van der Waals surface area contributed by atoms with Crippen molar-refractivity contribution in [2.45, 2.75) is 45.6 Å². The molecule has 0 unspecified atom stereocenters. The Balaban J connectivity index is 2.64. The summed E-state index contributed by atoms with van der Waals surface area (Å²) in [4.78, 5) is 16.1. The maximum Gasteiger partial charge on any atom is 0.324 e. The Morgan fingerprint density at radius 1 is 1.12 bits per heavy atom. The molecule has 17 heavy (non-hydrogen) atoms. The van der Waals surface area contributed by atoms with Gasteiger partial charge in [0.05, 0.1) is 0 Å². The minimum absolute atomic E-state index is 0.641. The molecule has 1 N–H and O–H groups in total. The lowest BCUT2D eigenvalue weighted by Crippen LogP contribution is -2.60. The number of hydrogen-bond acceptors (Lipinski definition) is 3. The molecule has 0 saturated carbocycles. The molecule has 4 heteroatoms. The maximum atomic E-state index is 11.5. The molecular formula is C13H26N2O2. The first kappa shape index (κ1) is 14.5. The third kappa shape index (κ3) is 2.99. The van der Waals surface area contributed by atoms with Crippen LogP contribution in [0.2, 0.25) is 0 Å². The van der Waals surface area contributed by atoms with Gasteiger partial charge < -0.3 is 10.0 Å². The van der Waals surface area contributed by atoms with Crippen molar-refractivity contribution in [3.8, 4) is 0 Å². The molecule has 1 aliphatic rings. The number of carboxylic acid groups (broad SMARTS) is 1. The SMILES string of the molecule is CCCN1CCN(C(CC)(CC)C(=O)O)CC1. The van der Waals surface area contributed by atoms with Crippen LogP contribution in [0.15, 0.2) is 0 Å². The van der Waals surface area contributed by atoms with Crippen molar-refractivity contribution in [2.24, 2.45) is 0 Å². The van der Waals surface area contributed by atoms with E-state index in [4.69, 9.17) is 0 Å². The number of rotatable bonds is 6. The summed E-state index contributed by atoms with van der Waals surface area (Å²) in [5.74, 6) is -0.661. The molecule has 0 aromatic heterocycles. The first-order chi connectivity index (χ1) is 8.10. The fourth-order valence-electron chi connectivity index (χ4n) is 2.85. The van der Waals surface area contributed by atoms with Crippen LogP contribution in [0.5, 0.6) is 0 Å².